The number of amides is 1. The van der Waals surface area contributed by atoms with Crippen molar-refractivity contribution in [3.63, 3.8) is 0 Å². The first kappa shape index (κ1) is 19.6. The zero-order valence-corrected chi connectivity index (χ0v) is 15.6. The monoisotopic (exact) mass is 368 g/mol. The van der Waals surface area contributed by atoms with Gasteiger partial charge in [0.1, 0.15) is 17.4 Å². The number of carbonyl (C=O) groups excluding carboxylic acids is 1. The summed E-state index contributed by atoms with van der Waals surface area (Å²) in [6, 6.07) is 14.5. The lowest BCUT2D eigenvalue weighted by Crippen LogP contribution is -2.13. The van der Waals surface area contributed by atoms with Crippen LogP contribution in [0.5, 0.6) is 5.75 Å². The fourth-order valence-corrected chi connectivity index (χ4v) is 2.41. The number of nitriles is 1. The minimum absolute atomic E-state index is 0.0202. The summed E-state index contributed by atoms with van der Waals surface area (Å²) in [6.07, 6.45) is 3.43. The maximum atomic E-state index is 12.4. The maximum absolute atomic E-state index is 12.4. The molecule has 2 rings (SSSR count). The van der Waals surface area contributed by atoms with Gasteiger partial charge in [-0.15, -0.1) is 0 Å². The van der Waals surface area contributed by atoms with Crippen LogP contribution in [-0.2, 0) is 4.79 Å². The minimum Gasteiger partial charge on any atom is -0.493 e. The van der Waals surface area contributed by atoms with E-state index in [1.54, 1.807) is 30.3 Å². The second-order valence-electron chi connectivity index (χ2n) is 5.87. The fraction of sp³-hybridized carbons (Fsp3) is 0.238. The van der Waals surface area contributed by atoms with Crippen LogP contribution in [0, 0.1) is 18.3 Å². The summed E-state index contributed by atoms with van der Waals surface area (Å²) in [4.78, 5) is 12.4. The van der Waals surface area contributed by atoms with Gasteiger partial charge in [-0.2, -0.15) is 5.26 Å². The molecule has 4 nitrogen and oxygen atoms in total. The van der Waals surface area contributed by atoms with Crippen LogP contribution in [0.2, 0.25) is 5.02 Å². The third-order valence-electron chi connectivity index (χ3n) is 3.70. The summed E-state index contributed by atoms with van der Waals surface area (Å²) in [5, 5.41) is 12.6. The molecule has 1 amide bonds. The van der Waals surface area contributed by atoms with Crippen LogP contribution < -0.4 is 10.1 Å². The van der Waals surface area contributed by atoms with E-state index in [-0.39, 0.29) is 5.57 Å². The fourth-order valence-electron chi connectivity index (χ4n) is 2.23. The third-order valence-corrected chi connectivity index (χ3v) is 3.94. The Morgan fingerprint density at radius 2 is 2.00 bits per heavy atom. The van der Waals surface area contributed by atoms with Crippen LogP contribution in [0.4, 0.5) is 5.69 Å². The molecule has 0 aliphatic rings. The van der Waals surface area contributed by atoms with Crippen LogP contribution in [0.25, 0.3) is 6.08 Å². The van der Waals surface area contributed by atoms with Crippen LogP contribution in [0.3, 0.4) is 0 Å². The number of hydrogen-bond acceptors (Lipinski definition) is 3. The lowest BCUT2D eigenvalue weighted by atomic mass is 10.1. The van der Waals surface area contributed by atoms with Gasteiger partial charge in [0.05, 0.1) is 6.61 Å². The van der Waals surface area contributed by atoms with E-state index in [2.05, 4.69) is 12.2 Å². The zero-order chi connectivity index (χ0) is 18.9. The van der Waals surface area contributed by atoms with Gasteiger partial charge in [0, 0.05) is 16.3 Å². The Hall–Kier alpha value is -2.77. The number of carbonyl (C=O) groups is 1. The summed E-state index contributed by atoms with van der Waals surface area (Å²) in [6.45, 7) is 4.61. The van der Waals surface area contributed by atoms with E-state index in [0.717, 1.165) is 18.4 Å². The molecular formula is C21H21ClN2O2. The Bertz CT molecular complexity index is 836. The SMILES string of the molecule is CCCCOc1ccc(Cl)cc1/C=C(/C#N)C(=O)Nc1ccc(C)cc1. The maximum Gasteiger partial charge on any atom is 0.266 e. The summed E-state index contributed by atoms with van der Waals surface area (Å²) < 4.78 is 5.74. The lowest BCUT2D eigenvalue weighted by Gasteiger charge is -2.10. The molecule has 0 saturated heterocycles. The highest BCUT2D eigenvalue weighted by atomic mass is 35.5. The van der Waals surface area contributed by atoms with Gasteiger partial charge in [0.15, 0.2) is 0 Å². The number of nitrogens with one attached hydrogen (secondary N) is 1. The number of anilines is 1. The van der Waals surface area contributed by atoms with Crippen molar-refractivity contribution in [2.24, 2.45) is 0 Å². The molecule has 0 unspecified atom stereocenters. The second kappa shape index (κ2) is 9.65. The van der Waals surface area contributed by atoms with Gasteiger partial charge >= 0.3 is 0 Å². The summed E-state index contributed by atoms with van der Waals surface area (Å²) in [5.74, 6) is 0.120. The number of ether oxygens (including phenoxy) is 1. The van der Waals surface area contributed by atoms with Crippen molar-refractivity contribution in [2.45, 2.75) is 26.7 Å². The van der Waals surface area contributed by atoms with Crippen molar-refractivity contribution >= 4 is 29.3 Å². The molecule has 0 bridgehead atoms. The smallest absolute Gasteiger partial charge is 0.266 e. The Morgan fingerprint density at radius 1 is 1.27 bits per heavy atom. The normalized spacial score (nSPS) is 10.9. The molecule has 0 aliphatic carbocycles. The van der Waals surface area contributed by atoms with Crippen molar-refractivity contribution in [1.82, 2.24) is 0 Å². The number of aryl methyl sites for hydroxylation is 1. The Labute approximate surface area is 159 Å². The van der Waals surface area contributed by atoms with Crippen molar-refractivity contribution in [3.8, 4) is 11.8 Å². The molecule has 1 N–H and O–H groups in total. The van der Waals surface area contributed by atoms with Crippen molar-refractivity contribution < 1.29 is 9.53 Å². The zero-order valence-electron chi connectivity index (χ0n) is 14.9. The van der Waals surface area contributed by atoms with Gasteiger partial charge < -0.3 is 10.1 Å². The van der Waals surface area contributed by atoms with Crippen LogP contribution in [0.15, 0.2) is 48.0 Å². The van der Waals surface area contributed by atoms with Gasteiger partial charge in [0.2, 0.25) is 0 Å². The summed E-state index contributed by atoms with van der Waals surface area (Å²) in [5.41, 5.74) is 2.30. The third kappa shape index (κ3) is 5.65. The topological polar surface area (TPSA) is 62.1 Å². The summed E-state index contributed by atoms with van der Waals surface area (Å²) in [7, 11) is 0. The van der Waals surface area contributed by atoms with Gasteiger partial charge in [-0.1, -0.05) is 42.6 Å². The van der Waals surface area contributed by atoms with Gasteiger partial charge in [-0.3, -0.25) is 4.79 Å². The predicted molar refractivity (Wildman–Crippen MR) is 105 cm³/mol. The average Bonchev–Trinajstić information content (AvgIpc) is 2.63. The molecule has 0 aliphatic heterocycles. The van der Waals surface area contributed by atoms with E-state index in [1.165, 1.54) is 6.08 Å². The van der Waals surface area contributed by atoms with E-state index in [4.69, 9.17) is 16.3 Å². The van der Waals surface area contributed by atoms with E-state index in [0.29, 0.717) is 28.6 Å². The lowest BCUT2D eigenvalue weighted by molar-refractivity contribution is -0.112. The molecule has 134 valence electrons. The first-order valence-corrected chi connectivity index (χ1v) is 8.83. The van der Waals surface area contributed by atoms with Gasteiger partial charge in [-0.05, 0) is 49.8 Å². The van der Waals surface area contributed by atoms with E-state index < -0.39 is 5.91 Å². The van der Waals surface area contributed by atoms with Crippen LogP contribution in [0.1, 0.15) is 30.9 Å². The van der Waals surface area contributed by atoms with E-state index in [1.807, 2.05) is 25.1 Å². The first-order valence-electron chi connectivity index (χ1n) is 8.45. The Morgan fingerprint density at radius 3 is 2.65 bits per heavy atom. The molecule has 0 radical (unpaired) electrons. The quantitative estimate of drug-likeness (QED) is 0.405. The predicted octanol–water partition coefficient (Wildman–Crippen LogP) is 5.37. The minimum atomic E-state index is -0.476. The molecule has 2 aromatic rings. The van der Waals surface area contributed by atoms with E-state index >= 15 is 0 Å². The summed E-state index contributed by atoms with van der Waals surface area (Å²) >= 11 is 6.06. The largest absolute Gasteiger partial charge is 0.493 e. The number of hydrogen-bond donors (Lipinski definition) is 1. The molecule has 0 fully saturated rings. The highest BCUT2D eigenvalue weighted by Crippen LogP contribution is 2.26. The number of benzene rings is 2. The van der Waals surface area contributed by atoms with Crippen molar-refractivity contribution in [1.29, 1.82) is 5.26 Å². The van der Waals surface area contributed by atoms with Crippen molar-refractivity contribution in [2.75, 3.05) is 11.9 Å². The van der Waals surface area contributed by atoms with Crippen molar-refractivity contribution in [3.05, 3.63) is 64.2 Å². The first-order chi connectivity index (χ1) is 12.5. The molecule has 26 heavy (non-hydrogen) atoms. The molecule has 0 aromatic heterocycles. The Balaban J connectivity index is 2.24. The molecule has 0 saturated carbocycles. The highest BCUT2D eigenvalue weighted by Gasteiger charge is 2.12. The number of rotatable bonds is 7. The van der Waals surface area contributed by atoms with Gasteiger partial charge in [-0.25, -0.2) is 0 Å². The number of nitrogens with zero attached hydrogens (tertiary/aromatic N) is 1. The van der Waals surface area contributed by atoms with E-state index in [9.17, 15) is 10.1 Å². The van der Waals surface area contributed by atoms with Gasteiger partial charge in [0.25, 0.3) is 5.91 Å². The molecule has 0 heterocycles. The molecule has 2 aromatic carbocycles. The standard InChI is InChI=1S/C21H21ClN2O2/c1-3-4-11-26-20-10-7-18(22)13-16(20)12-17(14-23)21(25)24-19-8-5-15(2)6-9-19/h5-10,12-13H,3-4,11H2,1-2H3,(H,24,25)/b17-12-. The second-order valence-corrected chi connectivity index (χ2v) is 6.31. The average molecular weight is 369 g/mol. The van der Waals surface area contributed by atoms with Crippen LogP contribution in [-0.4, -0.2) is 12.5 Å². The number of unbranched alkanes of at least 4 members (excludes halogenated alkanes) is 1. The molecule has 5 heteroatoms. The molecule has 0 spiro atoms. The molecular weight excluding hydrogens is 348 g/mol. The Kier molecular flexibility index (Phi) is 7.25. The van der Waals surface area contributed by atoms with Crippen LogP contribution >= 0.6 is 11.6 Å². The highest BCUT2D eigenvalue weighted by molar-refractivity contribution is 6.30. The number of halogens is 1. The molecule has 0 atom stereocenters.